The molecule has 1 atom stereocenters. The summed E-state index contributed by atoms with van der Waals surface area (Å²) in [7, 11) is 0. The van der Waals surface area contributed by atoms with Gasteiger partial charge >= 0.3 is 0 Å². The van der Waals surface area contributed by atoms with Gasteiger partial charge in [0.15, 0.2) is 0 Å². The molecule has 0 saturated carbocycles. The number of rotatable bonds is 1. The Morgan fingerprint density at radius 2 is 2.33 bits per heavy atom. The van der Waals surface area contributed by atoms with E-state index in [0.29, 0.717) is 0 Å². The molecule has 0 amide bonds. The van der Waals surface area contributed by atoms with Crippen LogP contribution in [0.2, 0.25) is 0 Å². The highest BCUT2D eigenvalue weighted by Crippen LogP contribution is 2.21. The van der Waals surface area contributed by atoms with Crippen LogP contribution in [0.25, 0.3) is 11.0 Å². The van der Waals surface area contributed by atoms with Crippen LogP contribution in [0.5, 0.6) is 0 Å². The Hall–Kier alpha value is -0.960. The van der Waals surface area contributed by atoms with Gasteiger partial charge in [-0.3, -0.25) is 0 Å². The van der Waals surface area contributed by atoms with Gasteiger partial charge in [-0.15, -0.1) is 0 Å². The first-order chi connectivity index (χ1) is 5.77. The maximum Gasteiger partial charge on any atom is 0.0931 e. The van der Waals surface area contributed by atoms with Crippen molar-refractivity contribution in [2.24, 2.45) is 0 Å². The SMILES string of the molecule is CC(S)c1ccc2nc[nH]c2c1. The molecular weight excluding hydrogens is 168 g/mol. The number of imidazole rings is 1. The molecule has 2 nitrogen and oxygen atoms in total. The maximum absolute atomic E-state index is 4.36. The van der Waals surface area contributed by atoms with Crippen LogP contribution in [-0.2, 0) is 0 Å². The Morgan fingerprint density at radius 3 is 3.08 bits per heavy atom. The van der Waals surface area contributed by atoms with Crippen molar-refractivity contribution in [3.63, 3.8) is 0 Å². The van der Waals surface area contributed by atoms with Crippen LogP contribution in [0.4, 0.5) is 0 Å². The van der Waals surface area contributed by atoms with Crippen molar-refractivity contribution in [1.29, 1.82) is 0 Å². The second-order valence-electron chi connectivity index (χ2n) is 2.86. The molecule has 0 fully saturated rings. The summed E-state index contributed by atoms with van der Waals surface area (Å²) < 4.78 is 0. The smallest absolute Gasteiger partial charge is 0.0931 e. The molecule has 0 radical (unpaired) electrons. The molecule has 1 N–H and O–H groups in total. The van der Waals surface area contributed by atoms with E-state index in [1.807, 2.05) is 6.07 Å². The molecule has 1 aromatic heterocycles. The summed E-state index contributed by atoms with van der Waals surface area (Å²) in [6.45, 7) is 2.06. The van der Waals surface area contributed by atoms with Crippen LogP contribution >= 0.6 is 12.6 Å². The second kappa shape index (κ2) is 2.83. The molecule has 0 spiro atoms. The first-order valence-corrected chi connectivity index (χ1v) is 4.40. The normalized spacial score (nSPS) is 13.5. The zero-order valence-electron chi connectivity index (χ0n) is 6.78. The van der Waals surface area contributed by atoms with Crippen LogP contribution < -0.4 is 0 Å². The topological polar surface area (TPSA) is 28.7 Å². The number of aromatic amines is 1. The fourth-order valence-corrected chi connectivity index (χ4v) is 1.37. The minimum Gasteiger partial charge on any atom is -0.345 e. The number of thiol groups is 1. The Bertz CT molecular complexity index is 392. The molecule has 3 heteroatoms. The van der Waals surface area contributed by atoms with Gasteiger partial charge in [-0.05, 0) is 24.6 Å². The minimum atomic E-state index is 0.276. The van der Waals surface area contributed by atoms with E-state index in [4.69, 9.17) is 0 Å². The fraction of sp³-hybridized carbons (Fsp3) is 0.222. The van der Waals surface area contributed by atoms with E-state index in [1.165, 1.54) is 5.56 Å². The van der Waals surface area contributed by atoms with E-state index < -0.39 is 0 Å². The maximum atomic E-state index is 4.36. The van der Waals surface area contributed by atoms with Crippen molar-refractivity contribution in [2.45, 2.75) is 12.2 Å². The van der Waals surface area contributed by atoms with E-state index in [2.05, 4.69) is 41.7 Å². The number of H-pyrrole nitrogens is 1. The molecule has 0 saturated heterocycles. The van der Waals surface area contributed by atoms with Crippen molar-refractivity contribution in [2.75, 3.05) is 0 Å². The fourth-order valence-electron chi connectivity index (χ4n) is 1.21. The molecule has 0 aliphatic carbocycles. The van der Waals surface area contributed by atoms with Crippen molar-refractivity contribution in [3.8, 4) is 0 Å². The molecular formula is C9H10N2S. The summed E-state index contributed by atoms with van der Waals surface area (Å²) >= 11 is 4.36. The standard InChI is InChI=1S/C9H10N2S/c1-6(12)7-2-3-8-9(4-7)11-5-10-8/h2-6,12H,1H3,(H,10,11). The van der Waals surface area contributed by atoms with E-state index >= 15 is 0 Å². The van der Waals surface area contributed by atoms with Gasteiger partial charge < -0.3 is 4.98 Å². The van der Waals surface area contributed by atoms with E-state index in [1.54, 1.807) is 6.33 Å². The first-order valence-electron chi connectivity index (χ1n) is 3.88. The van der Waals surface area contributed by atoms with Gasteiger partial charge in [0, 0.05) is 5.25 Å². The first kappa shape index (κ1) is 7.68. The third kappa shape index (κ3) is 1.20. The van der Waals surface area contributed by atoms with Crippen molar-refractivity contribution < 1.29 is 0 Å². The number of fused-ring (bicyclic) bond motifs is 1. The highest BCUT2D eigenvalue weighted by atomic mass is 32.1. The zero-order chi connectivity index (χ0) is 8.55. The lowest BCUT2D eigenvalue weighted by atomic mass is 10.1. The van der Waals surface area contributed by atoms with Gasteiger partial charge in [0.05, 0.1) is 17.4 Å². The summed E-state index contributed by atoms with van der Waals surface area (Å²) in [5.74, 6) is 0. The number of aromatic nitrogens is 2. The minimum absolute atomic E-state index is 0.276. The van der Waals surface area contributed by atoms with Crippen molar-refractivity contribution in [1.82, 2.24) is 9.97 Å². The summed E-state index contributed by atoms with van der Waals surface area (Å²) in [6, 6.07) is 6.15. The summed E-state index contributed by atoms with van der Waals surface area (Å²) in [6.07, 6.45) is 1.71. The molecule has 0 bridgehead atoms. The highest BCUT2D eigenvalue weighted by Gasteiger charge is 2.01. The average molecular weight is 178 g/mol. The van der Waals surface area contributed by atoms with Gasteiger partial charge in [-0.25, -0.2) is 4.98 Å². The Kier molecular flexibility index (Phi) is 1.81. The van der Waals surface area contributed by atoms with Crippen molar-refractivity contribution in [3.05, 3.63) is 30.1 Å². The van der Waals surface area contributed by atoms with Crippen LogP contribution in [0.1, 0.15) is 17.7 Å². The molecule has 2 aromatic rings. The monoisotopic (exact) mass is 178 g/mol. The Labute approximate surface area is 76.4 Å². The molecule has 1 aromatic carbocycles. The third-order valence-corrected chi connectivity index (χ3v) is 2.22. The second-order valence-corrected chi connectivity index (χ2v) is 3.63. The highest BCUT2D eigenvalue weighted by molar-refractivity contribution is 7.80. The summed E-state index contributed by atoms with van der Waals surface area (Å²) in [5.41, 5.74) is 3.30. The molecule has 62 valence electrons. The molecule has 2 rings (SSSR count). The van der Waals surface area contributed by atoms with E-state index in [9.17, 15) is 0 Å². The molecule has 1 unspecified atom stereocenters. The average Bonchev–Trinajstić information content (AvgIpc) is 2.49. The van der Waals surface area contributed by atoms with E-state index in [0.717, 1.165) is 11.0 Å². The van der Waals surface area contributed by atoms with Crippen LogP contribution in [0.15, 0.2) is 24.5 Å². The van der Waals surface area contributed by atoms with Gasteiger partial charge in [-0.1, -0.05) is 6.07 Å². The number of benzene rings is 1. The molecule has 1 heterocycles. The largest absolute Gasteiger partial charge is 0.345 e. The van der Waals surface area contributed by atoms with Gasteiger partial charge in [0.2, 0.25) is 0 Å². The lowest BCUT2D eigenvalue weighted by Crippen LogP contribution is -1.83. The Balaban J connectivity index is 2.60. The zero-order valence-corrected chi connectivity index (χ0v) is 7.68. The van der Waals surface area contributed by atoms with E-state index in [-0.39, 0.29) is 5.25 Å². The van der Waals surface area contributed by atoms with Gasteiger partial charge in [0.1, 0.15) is 0 Å². The number of hydrogen-bond donors (Lipinski definition) is 2. The number of hydrogen-bond acceptors (Lipinski definition) is 2. The quantitative estimate of drug-likeness (QED) is 0.645. The lowest BCUT2D eigenvalue weighted by molar-refractivity contribution is 1.12. The van der Waals surface area contributed by atoms with Crippen LogP contribution in [0.3, 0.4) is 0 Å². The number of nitrogens with zero attached hydrogens (tertiary/aromatic N) is 1. The Morgan fingerprint density at radius 1 is 1.50 bits per heavy atom. The number of nitrogens with one attached hydrogen (secondary N) is 1. The predicted molar refractivity (Wildman–Crippen MR) is 53.5 cm³/mol. The van der Waals surface area contributed by atoms with Gasteiger partial charge in [0.25, 0.3) is 0 Å². The molecule has 0 aliphatic rings. The summed E-state index contributed by atoms with van der Waals surface area (Å²) in [4.78, 5) is 7.21. The molecule has 12 heavy (non-hydrogen) atoms. The summed E-state index contributed by atoms with van der Waals surface area (Å²) in [5, 5.41) is 0.276. The van der Waals surface area contributed by atoms with Crippen LogP contribution in [0, 0.1) is 0 Å². The van der Waals surface area contributed by atoms with Crippen molar-refractivity contribution >= 4 is 23.7 Å². The third-order valence-electron chi connectivity index (χ3n) is 1.93. The predicted octanol–water partition coefficient (Wildman–Crippen LogP) is 2.55. The molecule has 0 aliphatic heterocycles. The lowest BCUT2D eigenvalue weighted by Gasteiger charge is -2.02. The van der Waals surface area contributed by atoms with Crippen LogP contribution in [-0.4, -0.2) is 9.97 Å². The van der Waals surface area contributed by atoms with Gasteiger partial charge in [-0.2, -0.15) is 12.6 Å².